The highest BCUT2D eigenvalue weighted by atomic mass is 35.5. The number of anilines is 2. The number of amides is 2. The van der Waals surface area contributed by atoms with Crippen LogP contribution < -0.4 is 15.8 Å². The largest absolute Gasteiger partial charge is 0.484 e. The van der Waals surface area contributed by atoms with Crippen LogP contribution in [0.15, 0.2) is 48.5 Å². The standard InChI is InChI=1S/C20H23N3O3.ClH/c21-16-8-6-15(7-9-16)12-19(24)22-17-4-3-5-18(13-17)26-14-20(25)23-10-1-2-11-23;/h3-9,13H,1-2,10-12,14,21H2,(H,22,24);1H. The third-order valence-corrected chi connectivity index (χ3v) is 4.28. The third kappa shape index (κ3) is 6.18. The Morgan fingerprint density at radius 2 is 1.78 bits per heavy atom. The van der Waals surface area contributed by atoms with Gasteiger partial charge < -0.3 is 20.7 Å². The minimum atomic E-state index is -0.125. The molecule has 0 aliphatic carbocycles. The number of nitrogens with one attached hydrogen (secondary N) is 1. The number of hydrogen-bond acceptors (Lipinski definition) is 4. The molecule has 1 aliphatic rings. The lowest BCUT2D eigenvalue weighted by molar-refractivity contribution is -0.132. The number of nitrogen functional groups attached to an aromatic ring is 1. The van der Waals surface area contributed by atoms with Gasteiger partial charge in [0.1, 0.15) is 5.75 Å². The van der Waals surface area contributed by atoms with E-state index in [9.17, 15) is 9.59 Å². The second kappa shape index (κ2) is 9.83. The number of likely N-dealkylation sites (tertiary alicyclic amines) is 1. The Labute approximate surface area is 165 Å². The number of benzene rings is 2. The molecule has 7 heteroatoms. The van der Waals surface area contributed by atoms with Gasteiger partial charge in [-0.3, -0.25) is 9.59 Å². The second-order valence-electron chi connectivity index (χ2n) is 6.37. The van der Waals surface area contributed by atoms with Crippen molar-refractivity contribution in [3.63, 3.8) is 0 Å². The van der Waals surface area contributed by atoms with E-state index in [-0.39, 0.29) is 37.2 Å². The van der Waals surface area contributed by atoms with Crippen LogP contribution in [0.3, 0.4) is 0 Å². The number of rotatable bonds is 6. The van der Waals surface area contributed by atoms with Gasteiger partial charge in [0.25, 0.3) is 5.91 Å². The van der Waals surface area contributed by atoms with Crippen LogP contribution in [0.1, 0.15) is 18.4 Å². The monoisotopic (exact) mass is 389 g/mol. The molecule has 0 unspecified atom stereocenters. The van der Waals surface area contributed by atoms with E-state index in [2.05, 4.69) is 5.32 Å². The Morgan fingerprint density at radius 3 is 2.48 bits per heavy atom. The van der Waals surface area contributed by atoms with E-state index in [4.69, 9.17) is 10.5 Å². The zero-order valence-corrected chi connectivity index (χ0v) is 15.8. The van der Waals surface area contributed by atoms with E-state index in [1.54, 1.807) is 36.4 Å². The highest BCUT2D eigenvalue weighted by Gasteiger charge is 2.18. The zero-order valence-electron chi connectivity index (χ0n) is 15.0. The summed E-state index contributed by atoms with van der Waals surface area (Å²) in [5.41, 5.74) is 7.84. The minimum Gasteiger partial charge on any atom is -0.484 e. The van der Waals surface area contributed by atoms with E-state index >= 15 is 0 Å². The molecule has 0 saturated carbocycles. The molecular formula is C20H24ClN3O3. The van der Waals surface area contributed by atoms with Crippen molar-refractivity contribution in [2.45, 2.75) is 19.3 Å². The molecule has 0 radical (unpaired) electrons. The van der Waals surface area contributed by atoms with E-state index in [0.29, 0.717) is 17.1 Å². The van der Waals surface area contributed by atoms with E-state index in [0.717, 1.165) is 31.5 Å². The van der Waals surface area contributed by atoms with Gasteiger partial charge >= 0.3 is 0 Å². The average Bonchev–Trinajstić information content (AvgIpc) is 3.17. The van der Waals surface area contributed by atoms with Gasteiger partial charge in [-0.05, 0) is 42.7 Å². The van der Waals surface area contributed by atoms with Gasteiger partial charge in [-0.15, -0.1) is 12.4 Å². The molecule has 6 nitrogen and oxygen atoms in total. The van der Waals surface area contributed by atoms with Crippen molar-refractivity contribution in [2.24, 2.45) is 0 Å². The summed E-state index contributed by atoms with van der Waals surface area (Å²) in [4.78, 5) is 26.0. The molecule has 0 aromatic heterocycles. The van der Waals surface area contributed by atoms with Crippen LogP contribution in [0.2, 0.25) is 0 Å². The molecule has 3 N–H and O–H groups in total. The Bertz CT molecular complexity index is 774. The van der Waals surface area contributed by atoms with Crippen molar-refractivity contribution in [2.75, 3.05) is 30.7 Å². The number of hydrogen-bond donors (Lipinski definition) is 2. The summed E-state index contributed by atoms with van der Waals surface area (Å²) in [6.45, 7) is 1.63. The highest BCUT2D eigenvalue weighted by molar-refractivity contribution is 5.92. The molecule has 1 fully saturated rings. The lowest BCUT2D eigenvalue weighted by atomic mass is 10.1. The van der Waals surface area contributed by atoms with Crippen LogP contribution >= 0.6 is 12.4 Å². The number of nitrogens with two attached hydrogens (primary N) is 1. The van der Waals surface area contributed by atoms with Crippen molar-refractivity contribution in [1.82, 2.24) is 4.90 Å². The summed E-state index contributed by atoms with van der Waals surface area (Å²) in [7, 11) is 0. The van der Waals surface area contributed by atoms with E-state index in [1.807, 2.05) is 17.0 Å². The van der Waals surface area contributed by atoms with Crippen molar-refractivity contribution in [1.29, 1.82) is 0 Å². The lowest BCUT2D eigenvalue weighted by Crippen LogP contribution is -2.32. The summed E-state index contributed by atoms with van der Waals surface area (Å²) in [6, 6.07) is 14.3. The van der Waals surface area contributed by atoms with Gasteiger partial charge in [0.15, 0.2) is 6.61 Å². The SMILES string of the molecule is Cl.Nc1ccc(CC(=O)Nc2cccc(OCC(=O)N3CCCC3)c2)cc1. The van der Waals surface area contributed by atoms with Crippen molar-refractivity contribution in [3.8, 4) is 5.75 Å². The molecule has 2 aromatic rings. The normalized spacial score (nSPS) is 13.0. The topological polar surface area (TPSA) is 84.7 Å². The number of carbonyl (C=O) groups is 2. The van der Waals surface area contributed by atoms with Crippen molar-refractivity contribution >= 4 is 35.6 Å². The molecule has 3 rings (SSSR count). The van der Waals surface area contributed by atoms with Gasteiger partial charge in [0, 0.05) is 30.5 Å². The molecule has 1 aliphatic heterocycles. The second-order valence-corrected chi connectivity index (χ2v) is 6.37. The molecule has 1 heterocycles. The van der Waals surface area contributed by atoms with Crippen molar-refractivity contribution in [3.05, 3.63) is 54.1 Å². The summed E-state index contributed by atoms with van der Waals surface area (Å²) >= 11 is 0. The first-order chi connectivity index (χ1) is 12.6. The van der Waals surface area contributed by atoms with Gasteiger partial charge in [0.05, 0.1) is 6.42 Å². The molecule has 2 aromatic carbocycles. The number of ether oxygens (including phenoxy) is 1. The Hall–Kier alpha value is -2.73. The smallest absolute Gasteiger partial charge is 0.260 e. The van der Waals surface area contributed by atoms with Gasteiger partial charge in [0.2, 0.25) is 5.91 Å². The van der Waals surface area contributed by atoms with E-state index < -0.39 is 0 Å². The molecule has 2 amide bonds. The van der Waals surface area contributed by atoms with Crippen molar-refractivity contribution < 1.29 is 14.3 Å². The number of carbonyl (C=O) groups excluding carboxylic acids is 2. The predicted molar refractivity (Wildman–Crippen MR) is 108 cm³/mol. The van der Waals surface area contributed by atoms with E-state index in [1.165, 1.54) is 0 Å². The average molecular weight is 390 g/mol. The van der Waals surface area contributed by atoms with Crippen LogP contribution in [0.4, 0.5) is 11.4 Å². The first-order valence-corrected chi connectivity index (χ1v) is 8.75. The number of nitrogens with zero attached hydrogens (tertiary/aromatic N) is 1. The third-order valence-electron chi connectivity index (χ3n) is 4.28. The van der Waals surface area contributed by atoms with Crippen LogP contribution in [0.25, 0.3) is 0 Å². The molecule has 27 heavy (non-hydrogen) atoms. The Balaban J connectivity index is 0.00000261. The van der Waals surface area contributed by atoms with Crippen LogP contribution in [-0.2, 0) is 16.0 Å². The molecule has 0 spiro atoms. The molecular weight excluding hydrogens is 366 g/mol. The summed E-state index contributed by atoms with van der Waals surface area (Å²) in [5, 5.41) is 2.84. The maximum Gasteiger partial charge on any atom is 0.260 e. The number of halogens is 1. The fourth-order valence-electron chi connectivity index (χ4n) is 2.89. The minimum absolute atomic E-state index is 0. The fraction of sp³-hybridized carbons (Fsp3) is 0.300. The van der Waals surface area contributed by atoms with Crippen LogP contribution in [-0.4, -0.2) is 36.4 Å². The molecule has 144 valence electrons. The Morgan fingerprint density at radius 1 is 1.07 bits per heavy atom. The quantitative estimate of drug-likeness (QED) is 0.744. The Kier molecular flexibility index (Phi) is 7.49. The maximum atomic E-state index is 12.2. The fourth-order valence-corrected chi connectivity index (χ4v) is 2.89. The van der Waals surface area contributed by atoms with Gasteiger partial charge in [-0.25, -0.2) is 0 Å². The zero-order chi connectivity index (χ0) is 18.4. The summed E-state index contributed by atoms with van der Waals surface area (Å²) in [6.07, 6.45) is 2.38. The van der Waals surface area contributed by atoms with Gasteiger partial charge in [-0.2, -0.15) is 0 Å². The molecule has 0 atom stereocenters. The van der Waals surface area contributed by atoms with Crippen LogP contribution in [0.5, 0.6) is 5.75 Å². The molecule has 0 bridgehead atoms. The molecule has 1 saturated heterocycles. The predicted octanol–water partition coefficient (Wildman–Crippen LogP) is 2.87. The summed E-state index contributed by atoms with van der Waals surface area (Å²) < 4.78 is 5.58. The summed E-state index contributed by atoms with van der Waals surface area (Å²) in [5.74, 6) is 0.434. The highest BCUT2D eigenvalue weighted by Crippen LogP contribution is 2.18. The first-order valence-electron chi connectivity index (χ1n) is 8.75. The maximum absolute atomic E-state index is 12.2. The van der Waals surface area contributed by atoms with Crippen LogP contribution in [0, 0.1) is 0 Å². The van der Waals surface area contributed by atoms with Gasteiger partial charge in [-0.1, -0.05) is 18.2 Å². The lowest BCUT2D eigenvalue weighted by Gasteiger charge is -2.15. The first kappa shape index (κ1) is 20.6.